The molecule has 1 aromatic heterocycles. The molecule has 0 amide bonds. The number of benzene rings is 1. The van der Waals surface area contributed by atoms with Crippen molar-refractivity contribution < 1.29 is 23.0 Å². The number of aliphatic hydroxyl groups excluding tert-OH is 1. The van der Waals surface area contributed by atoms with Crippen LogP contribution in [0.15, 0.2) is 36.7 Å². The van der Waals surface area contributed by atoms with Crippen LogP contribution in [-0.4, -0.2) is 16.5 Å². The van der Waals surface area contributed by atoms with Crippen LogP contribution >= 0.6 is 11.6 Å². The van der Waals surface area contributed by atoms with Gasteiger partial charge in [-0.1, -0.05) is 23.7 Å². The van der Waals surface area contributed by atoms with E-state index >= 15 is 0 Å². The van der Waals surface area contributed by atoms with Crippen LogP contribution in [0.5, 0.6) is 5.75 Å². The number of pyridine rings is 1. The first-order valence-corrected chi connectivity index (χ1v) is 5.88. The number of rotatable bonds is 3. The zero-order valence-electron chi connectivity index (χ0n) is 9.99. The van der Waals surface area contributed by atoms with Crippen LogP contribution in [-0.2, 0) is 6.61 Å². The summed E-state index contributed by atoms with van der Waals surface area (Å²) < 4.78 is 40.4. The third-order valence-electron chi connectivity index (χ3n) is 2.54. The number of ether oxygens (including phenoxy) is 1. The first-order valence-electron chi connectivity index (χ1n) is 5.50. The Morgan fingerprint density at radius 1 is 1.25 bits per heavy atom. The minimum atomic E-state index is -4.76. The van der Waals surface area contributed by atoms with Gasteiger partial charge in [-0.2, -0.15) is 0 Å². The smallest absolute Gasteiger partial charge is 0.406 e. The van der Waals surface area contributed by atoms with E-state index in [9.17, 15) is 18.3 Å². The summed E-state index contributed by atoms with van der Waals surface area (Å²) in [5.41, 5.74) is 1.27. The summed E-state index contributed by atoms with van der Waals surface area (Å²) in [6.45, 7) is -0.346. The number of nitrogens with zero attached hydrogens (tertiary/aromatic N) is 1. The maximum atomic E-state index is 12.2. The van der Waals surface area contributed by atoms with Gasteiger partial charge in [-0.3, -0.25) is 4.98 Å². The molecular weight excluding hydrogens is 295 g/mol. The lowest BCUT2D eigenvalue weighted by molar-refractivity contribution is -0.274. The number of aliphatic hydroxyl groups is 1. The maximum absolute atomic E-state index is 12.2. The summed E-state index contributed by atoms with van der Waals surface area (Å²) in [5, 5.41) is 9.54. The van der Waals surface area contributed by atoms with Gasteiger partial charge in [0.25, 0.3) is 0 Å². The van der Waals surface area contributed by atoms with Crippen LogP contribution in [0, 0.1) is 0 Å². The molecule has 2 aromatic rings. The van der Waals surface area contributed by atoms with Crippen molar-refractivity contribution in [3.05, 3.63) is 47.2 Å². The van der Waals surface area contributed by atoms with Gasteiger partial charge in [0.15, 0.2) is 0 Å². The molecule has 0 aliphatic heterocycles. The van der Waals surface area contributed by atoms with Crippen molar-refractivity contribution >= 4 is 11.6 Å². The van der Waals surface area contributed by atoms with E-state index in [4.69, 9.17) is 11.6 Å². The van der Waals surface area contributed by atoms with Gasteiger partial charge in [-0.15, -0.1) is 13.2 Å². The van der Waals surface area contributed by atoms with Gasteiger partial charge >= 0.3 is 6.36 Å². The number of aromatic nitrogens is 1. The van der Waals surface area contributed by atoms with Gasteiger partial charge in [0.2, 0.25) is 0 Å². The zero-order chi connectivity index (χ0) is 14.8. The maximum Gasteiger partial charge on any atom is 0.573 e. The van der Waals surface area contributed by atoms with E-state index in [2.05, 4.69) is 9.72 Å². The van der Waals surface area contributed by atoms with E-state index < -0.39 is 6.36 Å². The highest BCUT2D eigenvalue weighted by molar-refractivity contribution is 6.31. The molecule has 0 bridgehead atoms. The van der Waals surface area contributed by atoms with Crippen molar-refractivity contribution in [3.63, 3.8) is 0 Å². The molecule has 0 spiro atoms. The van der Waals surface area contributed by atoms with Gasteiger partial charge < -0.3 is 9.84 Å². The minimum Gasteiger partial charge on any atom is -0.406 e. The molecular formula is C13H9ClF3NO2. The lowest BCUT2D eigenvalue weighted by atomic mass is 10.0. The molecule has 0 aliphatic rings. The second kappa shape index (κ2) is 5.68. The van der Waals surface area contributed by atoms with Crippen LogP contribution < -0.4 is 4.74 Å². The fourth-order valence-electron chi connectivity index (χ4n) is 1.73. The Morgan fingerprint density at radius 3 is 2.65 bits per heavy atom. The molecule has 106 valence electrons. The lowest BCUT2D eigenvalue weighted by Crippen LogP contribution is -2.17. The summed E-state index contributed by atoms with van der Waals surface area (Å²) in [7, 11) is 0. The van der Waals surface area contributed by atoms with E-state index in [1.165, 1.54) is 30.6 Å². The fraction of sp³-hybridized carbons (Fsp3) is 0.154. The van der Waals surface area contributed by atoms with Crippen LogP contribution in [0.25, 0.3) is 11.1 Å². The number of halogens is 4. The van der Waals surface area contributed by atoms with E-state index in [1.807, 2.05) is 0 Å². The summed E-state index contributed by atoms with van der Waals surface area (Å²) in [6, 6.07) is 5.39. The summed E-state index contributed by atoms with van der Waals surface area (Å²) >= 11 is 5.89. The third-order valence-corrected chi connectivity index (χ3v) is 2.87. The second-order valence-corrected chi connectivity index (χ2v) is 4.29. The molecule has 20 heavy (non-hydrogen) atoms. The van der Waals surface area contributed by atoms with Crippen molar-refractivity contribution in [3.8, 4) is 16.9 Å². The average Bonchev–Trinajstić information content (AvgIpc) is 2.36. The molecule has 0 fully saturated rings. The Bertz CT molecular complexity index is 617. The highest BCUT2D eigenvalue weighted by atomic mass is 35.5. The Kier molecular flexibility index (Phi) is 4.15. The fourth-order valence-corrected chi connectivity index (χ4v) is 1.95. The minimum absolute atomic E-state index is 0.243. The summed E-state index contributed by atoms with van der Waals surface area (Å²) in [5.74, 6) is -0.348. The number of alkyl halides is 3. The van der Waals surface area contributed by atoms with Crippen molar-refractivity contribution in [2.45, 2.75) is 13.0 Å². The van der Waals surface area contributed by atoms with E-state index in [0.29, 0.717) is 16.7 Å². The van der Waals surface area contributed by atoms with E-state index in [1.54, 1.807) is 6.07 Å². The number of hydrogen-bond acceptors (Lipinski definition) is 3. The molecule has 0 radical (unpaired) electrons. The van der Waals surface area contributed by atoms with Crippen molar-refractivity contribution in [1.29, 1.82) is 0 Å². The predicted molar refractivity (Wildman–Crippen MR) is 67.3 cm³/mol. The van der Waals surface area contributed by atoms with Crippen LogP contribution in [0.3, 0.4) is 0 Å². The van der Waals surface area contributed by atoms with Crippen molar-refractivity contribution in [1.82, 2.24) is 4.98 Å². The molecule has 0 saturated heterocycles. The largest absolute Gasteiger partial charge is 0.573 e. The number of hydrogen-bond donors (Lipinski definition) is 1. The van der Waals surface area contributed by atoms with Gasteiger partial charge in [0, 0.05) is 23.5 Å². The van der Waals surface area contributed by atoms with Crippen molar-refractivity contribution in [2.75, 3.05) is 0 Å². The normalized spacial score (nSPS) is 11.4. The molecule has 3 nitrogen and oxygen atoms in total. The van der Waals surface area contributed by atoms with Crippen molar-refractivity contribution in [2.24, 2.45) is 0 Å². The quantitative estimate of drug-likeness (QED) is 0.938. The third kappa shape index (κ3) is 3.40. The molecule has 2 rings (SSSR count). The van der Waals surface area contributed by atoms with Gasteiger partial charge in [0.1, 0.15) is 5.75 Å². The van der Waals surface area contributed by atoms with Crippen LogP contribution in [0.1, 0.15) is 5.56 Å². The first-order chi connectivity index (χ1) is 9.40. The second-order valence-electron chi connectivity index (χ2n) is 3.88. The molecule has 0 unspecified atom stereocenters. The zero-order valence-corrected chi connectivity index (χ0v) is 10.7. The van der Waals surface area contributed by atoms with Gasteiger partial charge in [0.05, 0.1) is 11.6 Å². The molecule has 1 heterocycles. The monoisotopic (exact) mass is 303 g/mol. The summed E-state index contributed by atoms with van der Waals surface area (Å²) in [4.78, 5) is 3.87. The standard InChI is InChI=1S/C13H9ClF3NO2/c14-12-6-18-5-10(11(12)7-19)8-2-1-3-9(4-8)20-13(15,16)17/h1-6,19H,7H2. The molecule has 0 atom stereocenters. The average molecular weight is 304 g/mol. The SMILES string of the molecule is OCc1c(Cl)cncc1-c1cccc(OC(F)(F)F)c1. The summed E-state index contributed by atoms with van der Waals surface area (Å²) in [6.07, 6.45) is -1.98. The predicted octanol–water partition coefficient (Wildman–Crippen LogP) is 3.79. The van der Waals surface area contributed by atoms with Gasteiger partial charge in [-0.25, -0.2) is 0 Å². The van der Waals surface area contributed by atoms with Crippen LogP contribution in [0.2, 0.25) is 5.02 Å². The van der Waals surface area contributed by atoms with Gasteiger partial charge in [-0.05, 0) is 17.7 Å². The molecule has 7 heteroatoms. The van der Waals surface area contributed by atoms with E-state index in [-0.39, 0.29) is 17.4 Å². The van der Waals surface area contributed by atoms with Crippen LogP contribution in [0.4, 0.5) is 13.2 Å². The molecule has 1 aromatic carbocycles. The lowest BCUT2D eigenvalue weighted by Gasteiger charge is -2.12. The molecule has 0 saturated carbocycles. The highest BCUT2D eigenvalue weighted by Crippen LogP contribution is 2.31. The molecule has 1 N–H and O–H groups in total. The highest BCUT2D eigenvalue weighted by Gasteiger charge is 2.31. The Labute approximate surface area is 117 Å². The topological polar surface area (TPSA) is 42.4 Å². The Hall–Kier alpha value is -1.79. The van der Waals surface area contributed by atoms with E-state index in [0.717, 1.165) is 0 Å². The first kappa shape index (κ1) is 14.6. The molecule has 0 aliphatic carbocycles. The Morgan fingerprint density at radius 2 is 2.00 bits per heavy atom. The Balaban J connectivity index is 2.44.